The van der Waals surface area contributed by atoms with Crippen molar-refractivity contribution in [2.75, 3.05) is 18.0 Å². The number of H-pyrrole nitrogens is 1. The van der Waals surface area contributed by atoms with E-state index in [1.807, 2.05) is 20.8 Å². The van der Waals surface area contributed by atoms with Crippen molar-refractivity contribution in [2.24, 2.45) is 0 Å². The number of nitrogens with zero attached hydrogens (tertiary/aromatic N) is 2. The molecule has 0 unspecified atom stereocenters. The van der Waals surface area contributed by atoms with Crippen molar-refractivity contribution in [3.05, 3.63) is 22.1 Å². The topological polar surface area (TPSA) is 58.2 Å². The Bertz CT molecular complexity index is 419. The van der Waals surface area contributed by atoms with Gasteiger partial charge >= 0.3 is 0 Å². The molecule has 5 nitrogen and oxygen atoms in total. The summed E-state index contributed by atoms with van der Waals surface area (Å²) in [5.41, 5.74) is 0.639. The maximum atomic E-state index is 11.4. The van der Waals surface area contributed by atoms with E-state index in [4.69, 9.17) is 4.74 Å². The van der Waals surface area contributed by atoms with E-state index in [9.17, 15) is 4.79 Å². The molecule has 1 aliphatic rings. The Morgan fingerprint density at radius 1 is 1.44 bits per heavy atom. The van der Waals surface area contributed by atoms with Gasteiger partial charge in [-0.3, -0.25) is 9.78 Å². The van der Waals surface area contributed by atoms with Crippen molar-refractivity contribution in [1.29, 1.82) is 0 Å². The summed E-state index contributed by atoms with van der Waals surface area (Å²) in [5, 5.41) is 0. The number of aromatic nitrogens is 2. The first-order valence-corrected chi connectivity index (χ1v) is 5.53. The van der Waals surface area contributed by atoms with Crippen LogP contribution in [0.2, 0.25) is 0 Å². The lowest BCUT2D eigenvalue weighted by atomic mass is 10.2. The fourth-order valence-electron chi connectivity index (χ4n) is 2.06. The van der Waals surface area contributed by atoms with Crippen LogP contribution in [0.15, 0.2) is 10.9 Å². The maximum Gasteiger partial charge on any atom is 0.252 e. The molecule has 1 fully saturated rings. The number of nitrogens with one attached hydrogen (secondary N) is 1. The Kier molecular flexibility index (Phi) is 2.96. The third kappa shape index (κ3) is 2.41. The summed E-state index contributed by atoms with van der Waals surface area (Å²) in [5.74, 6) is 0.645. The lowest BCUT2D eigenvalue weighted by molar-refractivity contribution is -0.00574. The van der Waals surface area contributed by atoms with E-state index in [1.165, 1.54) is 6.07 Å². The summed E-state index contributed by atoms with van der Waals surface area (Å²) in [6.45, 7) is 7.40. The minimum absolute atomic E-state index is 0.103. The Morgan fingerprint density at radius 2 is 2.06 bits per heavy atom. The lowest BCUT2D eigenvalue weighted by Crippen LogP contribution is -2.46. The van der Waals surface area contributed by atoms with Crippen LogP contribution in [0.4, 0.5) is 5.95 Å². The Balaban J connectivity index is 2.26. The van der Waals surface area contributed by atoms with Gasteiger partial charge in [0.1, 0.15) is 0 Å². The van der Waals surface area contributed by atoms with Crippen molar-refractivity contribution >= 4 is 5.95 Å². The largest absolute Gasteiger partial charge is 0.372 e. The van der Waals surface area contributed by atoms with Gasteiger partial charge in [-0.05, 0) is 20.8 Å². The number of rotatable bonds is 1. The van der Waals surface area contributed by atoms with Crippen LogP contribution < -0.4 is 10.5 Å². The third-order valence-corrected chi connectivity index (χ3v) is 2.58. The molecule has 1 aromatic rings. The molecule has 0 spiro atoms. The Morgan fingerprint density at radius 3 is 2.62 bits per heavy atom. The fourth-order valence-corrected chi connectivity index (χ4v) is 2.06. The van der Waals surface area contributed by atoms with E-state index >= 15 is 0 Å². The highest BCUT2D eigenvalue weighted by Crippen LogP contribution is 2.15. The standard InChI is InChI=1S/C11H17N3O2/c1-7-4-10(15)13-11(12-7)14-5-8(2)16-9(3)6-14/h4,8-9H,5-6H2,1-3H3,(H,12,13,15)/t8-,9+. The molecule has 0 aromatic carbocycles. The number of aryl methyl sites for hydroxylation is 1. The molecule has 1 saturated heterocycles. The van der Waals surface area contributed by atoms with Crippen LogP contribution in [0.3, 0.4) is 0 Å². The lowest BCUT2D eigenvalue weighted by Gasteiger charge is -2.35. The molecule has 1 N–H and O–H groups in total. The molecule has 2 atom stereocenters. The van der Waals surface area contributed by atoms with E-state index in [-0.39, 0.29) is 17.8 Å². The molecule has 88 valence electrons. The highest BCUT2D eigenvalue weighted by Gasteiger charge is 2.23. The maximum absolute atomic E-state index is 11.4. The van der Waals surface area contributed by atoms with E-state index in [0.29, 0.717) is 5.95 Å². The first kappa shape index (κ1) is 11.1. The van der Waals surface area contributed by atoms with E-state index in [0.717, 1.165) is 18.8 Å². The number of aromatic amines is 1. The monoisotopic (exact) mass is 223 g/mol. The minimum Gasteiger partial charge on any atom is -0.372 e. The zero-order valence-electron chi connectivity index (χ0n) is 9.86. The first-order chi connectivity index (χ1) is 7.54. The van der Waals surface area contributed by atoms with Crippen LogP contribution in [0, 0.1) is 6.92 Å². The number of anilines is 1. The third-order valence-electron chi connectivity index (χ3n) is 2.58. The zero-order valence-corrected chi connectivity index (χ0v) is 9.86. The van der Waals surface area contributed by atoms with Gasteiger partial charge in [0, 0.05) is 24.8 Å². The molecule has 5 heteroatoms. The first-order valence-electron chi connectivity index (χ1n) is 5.53. The number of morpholine rings is 1. The van der Waals surface area contributed by atoms with Crippen LogP contribution in [-0.2, 0) is 4.74 Å². The molecule has 0 amide bonds. The highest BCUT2D eigenvalue weighted by atomic mass is 16.5. The van der Waals surface area contributed by atoms with E-state index in [2.05, 4.69) is 14.9 Å². The van der Waals surface area contributed by atoms with Crippen molar-refractivity contribution in [3.63, 3.8) is 0 Å². The second kappa shape index (κ2) is 4.25. The van der Waals surface area contributed by atoms with E-state index < -0.39 is 0 Å². The fraction of sp³-hybridized carbons (Fsp3) is 0.636. The predicted octanol–water partition coefficient (Wildman–Crippen LogP) is 0.692. The van der Waals surface area contributed by atoms with Crippen LogP contribution in [0.25, 0.3) is 0 Å². The van der Waals surface area contributed by atoms with Gasteiger partial charge in [-0.1, -0.05) is 0 Å². The van der Waals surface area contributed by atoms with Gasteiger partial charge in [0.25, 0.3) is 5.56 Å². The van der Waals surface area contributed by atoms with Gasteiger partial charge in [-0.25, -0.2) is 4.98 Å². The second-order valence-electron chi connectivity index (χ2n) is 4.37. The van der Waals surface area contributed by atoms with Crippen molar-refractivity contribution in [1.82, 2.24) is 9.97 Å². The molecule has 1 aliphatic heterocycles. The molecule has 0 radical (unpaired) electrons. The highest BCUT2D eigenvalue weighted by molar-refractivity contribution is 5.31. The molecule has 0 saturated carbocycles. The van der Waals surface area contributed by atoms with E-state index in [1.54, 1.807) is 0 Å². The average molecular weight is 223 g/mol. The minimum atomic E-state index is -0.103. The average Bonchev–Trinajstić information content (AvgIpc) is 2.14. The van der Waals surface area contributed by atoms with Gasteiger partial charge in [-0.2, -0.15) is 0 Å². The van der Waals surface area contributed by atoms with Gasteiger partial charge in [0.05, 0.1) is 12.2 Å². The predicted molar refractivity (Wildman–Crippen MR) is 61.8 cm³/mol. The van der Waals surface area contributed by atoms with Crippen molar-refractivity contribution in [3.8, 4) is 0 Å². The van der Waals surface area contributed by atoms with Crippen molar-refractivity contribution in [2.45, 2.75) is 33.0 Å². The van der Waals surface area contributed by atoms with Gasteiger partial charge in [0.15, 0.2) is 0 Å². The van der Waals surface area contributed by atoms with Crippen molar-refractivity contribution < 1.29 is 4.74 Å². The van der Waals surface area contributed by atoms with Crippen LogP contribution in [0.5, 0.6) is 0 Å². The van der Waals surface area contributed by atoms with Gasteiger partial charge < -0.3 is 9.64 Å². The SMILES string of the molecule is Cc1cc(=O)[nH]c(N2C[C@@H](C)O[C@@H](C)C2)n1. The van der Waals surface area contributed by atoms with Gasteiger partial charge in [0.2, 0.25) is 5.95 Å². The summed E-state index contributed by atoms with van der Waals surface area (Å²) in [6.07, 6.45) is 0.323. The molecule has 2 heterocycles. The summed E-state index contributed by atoms with van der Waals surface area (Å²) in [4.78, 5) is 20.5. The summed E-state index contributed by atoms with van der Waals surface area (Å²) < 4.78 is 5.64. The molecule has 16 heavy (non-hydrogen) atoms. The number of hydrogen-bond donors (Lipinski definition) is 1. The Labute approximate surface area is 94.5 Å². The molecular formula is C11H17N3O2. The molecule has 1 aromatic heterocycles. The zero-order chi connectivity index (χ0) is 11.7. The smallest absolute Gasteiger partial charge is 0.252 e. The number of hydrogen-bond acceptors (Lipinski definition) is 4. The molecular weight excluding hydrogens is 206 g/mol. The van der Waals surface area contributed by atoms with Crippen LogP contribution >= 0.6 is 0 Å². The van der Waals surface area contributed by atoms with Gasteiger partial charge in [-0.15, -0.1) is 0 Å². The van der Waals surface area contributed by atoms with Crippen LogP contribution in [0.1, 0.15) is 19.5 Å². The normalized spacial score (nSPS) is 25.8. The second-order valence-corrected chi connectivity index (χ2v) is 4.37. The molecule has 0 aliphatic carbocycles. The molecule has 2 rings (SSSR count). The summed E-state index contributed by atoms with van der Waals surface area (Å²) in [7, 11) is 0. The summed E-state index contributed by atoms with van der Waals surface area (Å²) in [6, 6.07) is 1.50. The number of ether oxygens (including phenoxy) is 1. The van der Waals surface area contributed by atoms with Crippen LogP contribution in [-0.4, -0.2) is 35.3 Å². The Hall–Kier alpha value is -1.36. The quantitative estimate of drug-likeness (QED) is 0.761. The molecule has 0 bridgehead atoms. The summed E-state index contributed by atoms with van der Waals surface area (Å²) >= 11 is 0.